The molecule has 1 N–H and O–H groups in total. The highest BCUT2D eigenvalue weighted by molar-refractivity contribution is 6.74. The van der Waals surface area contributed by atoms with Gasteiger partial charge in [0.05, 0.1) is 0 Å². The van der Waals surface area contributed by atoms with Gasteiger partial charge < -0.3 is 9.53 Å². The van der Waals surface area contributed by atoms with E-state index < -0.39 is 13.9 Å². The van der Waals surface area contributed by atoms with Crippen LogP contribution in [0.2, 0.25) is 18.1 Å². The summed E-state index contributed by atoms with van der Waals surface area (Å²) in [7, 11) is -1.60. The summed E-state index contributed by atoms with van der Waals surface area (Å²) >= 11 is 5.43. The van der Waals surface area contributed by atoms with Crippen molar-refractivity contribution >= 4 is 19.9 Å². The van der Waals surface area contributed by atoms with Gasteiger partial charge in [0.2, 0.25) is 0 Å². The summed E-state index contributed by atoms with van der Waals surface area (Å²) in [5, 5.41) is 9.12. The van der Waals surface area contributed by atoms with Crippen LogP contribution in [0.1, 0.15) is 33.6 Å². The fraction of sp³-hybridized carbons (Fsp3) is 1.00. The van der Waals surface area contributed by atoms with Gasteiger partial charge in [0.15, 0.2) is 8.32 Å². The Balaban J connectivity index is 3.78. The minimum absolute atomic E-state index is 0.257. The van der Waals surface area contributed by atoms with Crippen LogP contribution in [0.4, 0.5) is 0 Å². The second-order valence-corrected chi connectivity index (χ2v) is 10.5. The molecular formula is C10H23ClO2Si. The van der Waals surface area contributed by atoms with E-state index in [0.717, 1.165) is 6.42 Å². The van der Waals surface area contributed by atoms with Crippen LogP contribution in [0.15, 0.2) is 0 Å². The van der Waals surface area contributed by atoms with E-state index in [9.17, 15) is 0 Å². The van der Waals surface area contributed by atoms with E-state index in [0.29, 0.717) is 13.0 Å². The average Bonchev–Trinajstić information content (AvgIpc) is 1.95. The molecule has 0 radical (unpaired) electrons. The third-order valence-corrected chi connectivity index (χ3v) is 7.61. The lowest BCUT2D eigenvalue weighted by atomic mass is 10.2. The molecule has 0 aromatic rings. The van der Waals surface area contributed by atoms with Crippen LogP contribution >= 0.6 is 11.6 Å². The van der Waals surface area contributed by atoms with Crippen LogP contribution in [0, 0.1) is 0 Å². The minimum atomic E-state index is -1.60. The predicted molar refractivity (Wildman–Crippen MR) is 64.2 cm³/mol. The van der Waals surface area contributed by atoms with E-state index in [4.69, 9.17) is 21.1 Å². The van der Waals surface area contributed by atoms with Crippen LogP contribution in [0.5, 0.6) is 0 Å². The van der Waals surface area contributed by atoms with Gasteiger partial charge in [0, 0.05) is 6.61 Å². The number of hydrogen-bond donors (Lipinski definition) is 1. The molecule has 0 heterocycles. The van der Waals surface area contributed by atoms with Gasteiger partial charge in [-0.25, -0.2) is 0 Å². The Hall–Kier alpha value is 0.427. The Morgan fingerprint density at radius 1 is 1.36 bits per heavy atom. The molecule has 0 aliphatic rings. The predicted octanol–water partition coefficient (Wildman–Crippen LogP) is 3.35. The molecule has 4 heteroatoms. The second-order valence-electron chi connectivity index (χ2n) is 5.19. The first-order valence-electron chi connectivity index (χ1n) is 5.13. The molecule has 0 fully saturated rings. The zero-order valence-electron chi connectivity index (χ0n) is 9.93. The van der Waals surface area contributed by atoms with E-state index in [2.05, 4.69) is 33.9 Å². The van der Waals surface area contributed by atoms with Crippen molar-refractivity contribution in [3.05, 3.63) is 0 Å². The third kappa shape index (κ3) is 5.34. The number of rotatable bonds is 5. The monoisotopic (exact) mass is 238 g/mol. The first-order chi connectivity index (χ1) is 6.17. The standard InChI is InChI=1S/C10H23ClO2Si/c1-10(2,3)14(4,5)13-8-6-7-9(11)12/h9,12H,6-8H2,1-5H3/t9-/m0/s1. The van der Waals surface area contributed by atoms with Crippen LogP contribution in [-0.4, -0.2) is 25.6 Å². The zero-order chi connectivity index (χ0) is 11.4. The van der Waals surface area contributed by atoms with Gasteiger partial charge in [-0.1, -0.05) is 32.4 Å². The minimum Gasteiger partial charge on any atom is -0.417 e. The van der Waals surface area contributed by atoms with Crippen LogP contribution < -0.4 is 0 Å². The van der Waals surface area contributed by atoms with E-state index in [-0.39, 0.29) is 5.04 Å². The lowest BCUT2D eigenvalue weighted by Crippen LogP contribution is -2.41. The van der Waals surface area contributed by atoms with Crippen molar-refractivity contribution in [2.45, 2.75) is 57.3 Å². The lowest BCUT2D eigenvalue weighted by molar-refractivity contribution is 0.216. The summed E-state index contributed by atoms with van der Waals surface area (Å²) in [5.41, 5.74) is -0.724. The number of aliphatic hydroxyl groups excluding tert-OH is 1. The highest BCUT2D eigenvalue weighted by Gasteiger charge is 2.36. The van der Waals surface area contributed by atoms with Crippen molar-refractivity contribution < 1.29 is 9.53 Å². The molecule has 14 heavy (non-hydrogen) atoms. The van der Waals surface area contributed by atoms with Crippen molar-refractivity contribution in [2.24, 2.45) is 0 Å². The average molecular weight is 239 g/mol. The van der Waals surface area contributed by atoms with E-state index in [1.54, 1.807) is 0 Å². The van der Waals surface area contributed by atoms with Crippen molar-refractivity contribution in [1.29, 1.82) is 0 Å². The summed E-state index contributed by atoms with van der Waals surface area (Å²) in [4.78, 5) is 0. The van der Waals surface area contributed by atoms with Crippen molar-refractivity contribution in [1.82, 2.24) is 0 Å². The smallest absolute Gasteiger partial charge is 0.191 e. The highest BCUT2D eigenvalue weighted by Crippen LogP contribution is 2.36. The SMILES string of the molecule is CC(C)(C)[Si](C)(C)OCCC[C@H](O)Cl. The van der Waals surface area contributed by atoms with E-state index in [1.807, 2.05) is 0 Å². The summed E-state index contributed by atoms with van der Waals surface area (Å²) in [6.07, 6.45) is 1.44. The van der Waals surface area contributed by atoms with Gasteiger partial charge in [-0.2, -0.15) is 0 Å². The fourth-order valence-corrected chi connectivity index (χ4v) is 2.04. The van der Waals surface area contributed by atoms with Crippen molar-refractivity contribution in [3.8, 4) is 0 Å². The highest BCUT2D eigenvalue weighted by atomic mass is 35.5. The summed E-state index contributed by atoms with van der Waals surface area (Å²) in [5.74, 6) is 0. The molecule has 2 nitrogen and oxygen atoms in total. The van der Waals surface area contributed by atoms with Gasteiger partial charge >= 0.3 is 0 Å². The zero-order valence-corrected chi connectivity index (χ0v) is 11.7. The molecule has 1 atom stereocenters. The normalized spacial score (nSPS) is 15.6. The van der Waals surface area contributed by atoms with Gasteiger partial charge in [0.1, 0.15) is 5.56 Å². The molecule has 0 aromatic heterocycles. The number of alkyl halides is 1. The first kappa shape index (κ1) is 14.4. The maximum atomic E-state index is 8.86. The topological polar surface area (TPSA) is 29.5 Å². The molecule has 0 amide bonds. The van der Waals surface area contributed by atoms with Gasteiger partial charge in [-0.3, -0.25) is 0 Å². The van der Waals surface area contributed by atoms with E-state index in [1.165, 1.54) is 0 Å². The maximum absolute atomic E-state index is 8.86. The van der Waals surface area contributed by atoms with E-state index >= 15 is 0 Å². The summed E-state index contributed by atoms with van der Waals surface area (Å²) in [6.45, 7) is 11.8. The summed E-state index contributed by atoms with van der Waals surface area (Å²) in [6, 6.07) is 0. The molecule has 0 aliphatic heterocycles. The Bertz CT molecular complexity index is 164. The molecule has 0 saturated heterocycles. The van der Waals surface area contributed by atoms with Crippen LogP contribution in [-0.2, 0) is 4.43 Å². The number of halogens is 1. The molecule has 0 rings (SSSR count). The maximum Gasteiger partial charge on any atom is 0.191 e. The van der Waals surface area contributed by atoms with Crippen LogP contribution in [0.3, 0.4) is 0 Å². The Labute approximate surface area is 93.7 Å². The molecule has 0 unspecified atom stereocenters. The largest absolute Gasteiger partial charge is 0.417 e. The number of aliphatic hydroxyl groups is 1. The lowest BCUT2D eigenvalue weighted by Gasteiger charge is -2.36. The van der Waals surface area contributed by atoms with Crippen molar-refractivity contribution in [2.75, 3.05) is 6.61 Å². The fourth-order valence-electron chi connectivity index (χ4n) is 0.796. The molecule has 0 aliphatic carbocycles. The molecule has 86 valence electrons. The Morgan fingerprint density at radius 3 is 2.21 bits per heavy atom. The van der Waals surface area contributed by atoms with Gasteiger partial charge in [-0.05, 0) is 31.0 Å². The van der Waals surface area contributed by atoms with Gasteiger partial charge in [0.25, 0.3) is 0 Å². The molecule has 0 bridgehead atoms. The number of hydrogen-bond acceptors (Lipinski definition) is 2. The Morgan fingerprint density at radius 2 is 1.86 bits per heavy atom. The summed E-state index contributed by atoms with van der Waals surface area (Å²) < 4.78 is 5.91. The second kappa shape index (κ2) is 5.49. The Kier molecular flexibility index (Phi) is 5.66. The quantitative estimate of drug-likeness (QED) is 0.452. The van der Waals surface area contributed by atoms with Crippen LogP contribution in [0.25, 0.3) is 0 Å². The first-order valence-corrected chi connectivity index (χ1v) is 8.47. The molecule has 0 saturated carbocycles. The molecule has 0 aromatic carbocycles. The van der Waals surface area contributed by atoms with Gasteiger partial charge in [-0.15, -0.1) is 0 Å². The molecule has 0 spiro atoms. The van der Waals surface area contributed by atoms with Crippen molar-refractivity contribution in [3.63, 3.8) is 0 Å². The molecular weight excluding hydrogens is 216 g/mol. The third-order valence-electron chi connectivity index (χ3n) is 2.86.